The van der Waals surface area contributed by atoms with Crippen LogP contribution in [-0.4, -0.2) is 51.8 Å². The minimum Gasteiger partial charge on any atom is -0.486 e. The van der Waals surface area contributed by atoms with Crippen molar-refractivity contribution in [3.8, 4) is 5.75 Å². The average Bonchev–Trinajstić information content (AvgIpc) is 3.46. The first-order valence-electron chi connectivity index (χ1n) is 13.3. The zero-order valence-electron chi connectivity index (χ0n) is 21.2. The number of amides is 1. The fraction of sp³-hybridized carbons (Fsp3) is 0.464. The quantitative estimate of drug-likeness (QED) is 0.371. The van der Waals surface area contributed by atoms with Crippen LogP contribution < -0.4 is 19.7 Å². The molecule has 1 saturated heterocycles. The van der Waals surface area contributed by atoms with Crippen molar-refractivity contribution in [2.24, 2.45) is 5.41 Å². The SMILES string of the molecule is O=C(Nc1ccc(S(=O)(=O)NCCO)cc1N1CCC2(CC1)CC2)c1cc(OC2CCC2)c2occc2c1. The summed E-state index contributed by atoms with van der Waals surface area (Å²) >= 11 is 0. The summed E-state index contributed by atoms with van der Waals surface area (Å²) in [5.41, 5.74) is 2.74. The number of carbonyl (C=O) groups excluding carboxylic acids is 1. The van der Waals surface area contributed by atoms with Crippen LogP contribution in [0.3, 0.4) is 0 Å². The van der Waals surface area contributed by atoms with Gasteiger partial charge < -0.3 is 24.5 Å². The predicted octanol–water partition coefficient (Wildman–Crippen LogP) is 4.27. The molecule has 1 spiro atoms. The van der Waals surface area contributed by atoms with Crippen LogP contribution in [-0.2, 0) is 10.0 Å². The van der Waals surface area contributed by atoms with Gasteiger partial charge in [-0.2, -0.15) is 0 Å². The Morgan fingerprint density at radius 2 is 1.89 bits per heavy atom. The van der Waals surface area contributed by atoms with E-state index in [-0.39, 0.29) is 30.1 Å². The molecule has 3 N–H and O–H groups in total. The van der Waals surface area contributed by atoms with Crippen molar-refractivity contribution in [2.45, 2.75) is 55.9 Å². The molecule has 0 atom stereocenters. The van der Waals surface area contributed by atoms with Gasteiger partial charge in [-0.15, -0.1) is 0 Å². The number of aliphatic hydroxyl groups is 1. The van der Waals surface area contributed by atoms with E-state index in [2.05, 4.69) is 14.9 Å². The lowest BCUT2D eigenvalue weighted by molar-refractivity contribution is 0.102. The Morgan fingerprint density at radius 1 is 1.11 bits per heavy atom. The van der Waals surface area contributed by atoms with Gasteiger partial charge in [0.05, 0.1) is 35.2 Å². The van der Waals surface area contributed by atoms with E-state index in [9.17, 15) is 13.2 Å². The molecule has 1 aliphatic heterocycles. The third-order valence-electron chi connectivity index (χ3n) is 8.18. The van der Waals surface area contributed by atoms with Gasteiger partial charge in [-0.1, -0.05) is 0 Å². The molecule has 0 bridgehead atoms. The molecule has 2 heterocycles. The third kappa shape index (κ3) is 5.00. The smallest absolute Gasteiger partial charge is 0.255 e. The van der Waals surface area contributed by atoms with E-state index in [1.54, 1.807) is 30.5 Å². The van der Waals surface area contributed by atoms with Gasteiger partial charge in [-0.25, -0.2) is 13.1 Å². The van der Waals surface area contributed by atoms with E-state index in [0.717, 1.165) is 50.6 Å². The lowest BCUT2D eigenvalue weighted by Gasteiger charge is -2.35. The lowest BCUT2D eigenvalue weighted by atomic mass is 9.93. The highest BCUT2D eigenvalue weighted by Crippen LogP contribution is 2.54. The van der Waals surface area contributed by atoms with Gasteiger partial charge in [0.15, 0.2) is 11.3 Å². The molecule has 10 heteroatoms. The van der Waals surface area contributed by atoms with E-state index in [4.69, 9.17) is 14.3 Å². The highest BCUT2D eigenvalue weighted by Gasteiger charge is 2.44. The highest BCUT2D eigenvalue weighted by molar-refractivity contribution is 7.89. The fourth-order valence-electron chi connectivity index (χ4n) is 5.34. The van der Waals surface area contributed by atoms with Crippen molar-refractivity contribution in [1.82, 2.24) is 4.72 Å². The van der Waals surface area contributed by atoms with E-state index in [0.29, 0.717) is 33.7 Å². The zero-order valence-corrected chi connectivity index (χ0v) is 22.1. The van der Waals surface area contributed by atoms with Crippen LogP contribution in [0.5, 0.6) is 5.75 Å². The average molecular weight is 540 g/mol. The maximum absolute atomic E-state index is 13.5. The molecular weight excluding hydrogens is 506 g/mol. The van der Waals surface area contributed by atoms with Gasteiger partial charge in [0.25, 0.3) is 5.91 Å². The second-order valence-corrected chi connectivity index (χ2v) is 12.5. The summed E-state index contributed by atoms with van der Waals surface area (Å²) < 4.78 is 39.7. The molecule has 3 fully saturated rings. The van der Waals surface area contributed by atoms with Crippen molar-refractivity contribution in [2.75, 3.05) is 36.5 Å². The number of fused-ring (bicyclic) bond motifs is 1. The van der Waals surface area contributed by atoms with Crippen LogP contribution in [0.15, 0.2) is 52.0 Å². The Balaban J connectivity index is 1.30. The summed E-state index contributed by atoms with van der Waals surface area (Å²) in [4.78, 5) is 15.8. The molecule has 0 radical (unpaired) electrons. The summed E-state index contributed by atoms with van der Waals surface area (Å²) in [7, 11) is -3.80. The monoisotopic (exact) mass is 539 g/mol. The van der Waals surface area contributed by atoms with Gasteiger partial charge in [0.1, 0.15) is 0 Å². The number of anilines is 2. The number of hydrogen-bond acceptors (Lipinski definition) is 7. The summed E-state index contributed by atoms with van der Waals surface area (Å²) in [5.74, 6) is 0.252. The van der Waals surface area contributed by atoms with Crippen LogP contribution >= 0.6 is 0 Å². The molecular formula is C28H33N3O6S. The van der Waals surface area contributed by atoms with Crippen molar-refractivity contribution in [1.29, 1.82) is 0 Å². The van der Waals surface area contributed by atoms with Gasteiger partial charge in [0, 0.05) is 30.6 Å². The largest absolute Gasteiger partial charge is 0.486 e. The number of hydrogen-bond donors (Lipinski definition) is 3. The van der Waals surface area contributed by atoms with E-state index < -0.39 is 10.0 Å². The molecule has 0 unspecified atom stereocenters. The number of sulfonamides is 1. The Kier molecular flexibility index (Phi) is 6.57. The first-order chi connectivity index (χ1) is 18.4. The maximum Gasteiger partial charge on any atom is 0.255 e. The third-order valence-corrected chi connectivity index (χ3v) is 9.64. The van der Waals surface area contributed by atoms with Crippen LogP contribution in [0, 0.1) is 5.41 Å². The number of furan rings is 1. The molecule has 38 heavy (non-hydrogen) atoms. The normalized spacial score (nSPS) is 18.9. The van der Waals surface area contributed by atoms with Crippen LogP contribution in [0.1, 0.15) is 55.3 Å². The van der Waals surface area contributed by atoms with Crippen LogP contribution in [0.2, 0.25) is 0 Å². The van der Waals surface area contributed by atoms with Gasteiger partial charge in [-0.05, 0) is 86.8 Å². The van der Waals surface area contributed by atoms with Crippen molar-refractivity contribution in [3.05, 3.63) is 48.2 Å². The molecule has 2 aromatic carbocycles. The number of rotatable bonds is 9. The van der Waals surface area contributed by atoms with E-state index in [1.807, 2.05) is 6.07 Å². The van der Waals surface area contributed by atoms with Gasteiger partial charge >= 0.3 is 0 Å². The molecule has 1 amide bonds. The summed E-state index contributed by atoms with van der Waals surface area (Å²) in [6, 6.07) is 10.0. The fourth-order valence-corrected chi connectivity index (χ4v) is 6.38. The highest BCUT2D eigenvalue weighted by atomic mass is 32.2. The molecule has 9 nitrogen and oxygen atoms in total. The first-order valence-corrected chi connectivity index (χ1v) is 14.8. The second kappa shape index (κ2) is 9.91. The summed E-state index contributed by atoms with van der Waals surface area (Å²) in [5, 5.41) is 12.9. The van der Waals surface area contributed by atoms with Crippen LogP contribution in [0.4, 0.5) is 11.4 Å². The van der Waals surface area contributed by atoms with E-state index in [1.165, 1.54) is 18.9 Å². The summed E-state index contributed by atoms with van der Waals surface area (Å²) in [6.45, 7) is 1.25. The second-order valence-electron chi connectivity index (χ2n) is 10.7. The molecule has 2 saturated carbocycles. The Bertz CT molecular complexity index is 1450. The Hall–Kier alpha value is -3.08. The number of nitrogens with zero attached hydrogens (tertiary/aromatic N) is 1. The predicted molar refractivity (Wildman–Crippen MR) is 144 cm³/mol. The first kappa shape index (κ1) is 25.2. The number of piperidine rings is 1. The maximum atomic E-state index is 13.5. The topological polar surface area (TPSA) is 121 Å². The standard InChI is InChI=1S/C28H33N3O6S/c32-14-11-29-38(34,35)22-4-5-23(24(18-22)31-12-9-28(7-8-28)10-13-31)30-27(33)20-16-19-6-15-36-26(19)25(17-20)37-21-2-1-3-21/h4-6,15-18,21,29,32H,1-3,7-14H2,(H,30,33). The number of benzene rings is 2. The molecule has 3 aromatic rings. The molecule has 2 aliphatic carbocycles. The summed E-state index contributed by atoms with van der Waals surface area (Å²) in [6.07, 6.45) is 9.45. The number of carbonyl (C=O) groups is 1. The zero-order chi connectivity index (χ0) is 26.3. The minimum absolute atomic E-state index is 0.0653. The van der Waals surface area contributed by atoms with Crippen molar-refractivity contribution in [3.63, 3.8) is 0 Å². The molecule has 3 aliphatic rings. The molecule has 1 aromatic heterocycles. The van der Waals surface area contributed by atoms with Gasteiger partial charge in [-0.3, -0.25) is 4.79 Å². The minimum atomic E-state index is -3.80. The molecule has 6 rings (SSSR count). The van der Waals surface area contributed by atoms with Crippen molar-refractivity contribution >= 4 is 38.3 Å². The molecule has 202 valence electrons. The Labute approximate surface area is 222 Å². The number of aliphatic hydroxyl groups excluding tert-OH is 1. The van der Waals surface area contributed by atoms with Gasteiger partial charge in [0.2, 0.25) is 10.0 Å². The number of nitrogens with one attached hydrogen (secondary N) is 2. The lowest BCUT2D eigenvalue weighted by Crippen LogP contribution is -2.35. The number of ether oxygens (including phenoxy) is 1. The van der Waals surface area contributed by atoms with Crippen molar-refractivity contribution < 1.29 is 27.5 Å². The Morgan fingerprint density at radius 3 is 2.58 bits per heavy atom. The van der Waals surface area contributed by atoms with E-state index >= 15 is 0 Å². The van der Waals surface area contributed by atoms with Crippen LogP contribution in [0.25, 0.3) is 11.0 Å².